The molecule has 34 heavy (non-hydrogen) atoms. The van der Waals surface area contributed by atoms with Crippen molar-refractivity contribution >= 4 is 17.8 Å². The van der Waals surface area contributed by atoms with E-state index in [0.717, 1.165) is 46.7 Å². The molecule has 1 saturated heterocycles. The molecule has 2 N–H and O–H groups in total. The summed E-state index contributed by atoms with van der Waals surface area (Å²) in [6, 6.07) is 0. The van der Waals surface area contributed by atoms with Gasteiger partial charge < -0.3 is 24.5 Å². The summed E-state index contributed by atoms with van der Waals surface area (Å²) in [7, 11) is 0. The molecule has 9 heteroatoms. The smallest absolute Gasteiger partial charge is 0.355 e. The van der Waals surface area contributed by atoms with Crippen LogP contribution in [0.5, 0.6) is 0 Å². The van der Waals surface area contributed by atoms with Crippen LogP contribution in [0, 0.1) is 33.6 Å². The lowest BCUT2D eigenvalue weighted by molar-refractivity contribution is -0.135. The highest BCUT2D eigenvalue weighted by Crippen LogP contribution is 2.22. The Morgan fingerprint density at radius 3 is 2.62 bits per heavy atom. The molecule has 1 aliphatic heterocycles. The first kappa shape index (κ1) is 25.5. The largest absolute Gasteiger partial charge is 0.461 e. The van der Waals surface area contributed by atoms with E-state index in [9.17, 15) is 14.4 Å². The summed E-state index contributed by atoms with van der Waals surface area (Å²) in [5, 5.41) is 6.95. The topological polar surface area (TPSA) is 118 Å². The number of esters is 1. The molecule has 1 fully saturated rings. The Hall–Kier alpha value is -3.10. The number of hydrogen-bond donors (Lipinski definition) is 2. The predicted molar refractivity (Wildman–Crippen MR) is 127 cm³/mol. The molecule has 3 rings (SSSR count). The average Bonchev–Trinajstić information content (AvgIpc) is 3.29. The van der Waals surface area contributed by atoms with Gasteiger partial charge in [0.2, 0.25) is 11.8 Å². The summed E-state index contributed by atoms with van der Waals surface area (Å²) in [6.45, 7) is 11.2. The minimum atomic E-state index is -0.375. The van der Waals surface area contributed by atoms with Gasteiger partial charge in [-0.1, -0.05) is 5.16 Å². The molecule has 0 spiro atoms. The highest BCUT2D eigenvalue weighted by Gasteiger charge is 2.28. The Morgan fingerprint density at radius 1 is 1.18 bits per heavy atom. The maximum Gasteiger partial charge on any atom is 0.355 e. The fourth-order valence-corrected chi connectivity index (χ4v) is 4.69. The van der Waals surface area contributed by atoms with Gasteiger partial charge in [0.15, 0.2) is 0 Å². The number of carbonyl (C=O) groups excluding carboxylic acids is 3. The molecular weight excluding hydrogens is 436 g/mol. The quantitative estimate of drug-likeness (QED) is 0.542. The number of H-pyrrole nitrogens is 1. The Kier molecular flexibility index (Phi) is 8.52. The first-order chi connectivity index (χ1) is 16.2. The minimum absolute atomic E-state index is 0.0133. The van der Waals surface area contributed by atoms with Gasteiger partial charge in [0.05, 0.1) is 18.2 Å². The summed E-state index contributed by atoms with van der Waals surface area (Å²) in [4.78, 5) is 42.7. The molecule has 3 heterocycles. The van der Waals surface area contributed by atoms with Crippen LogP contribution in [0.1, 0.15) is 70.5 Å². The molecule has 1 atom stereocenters. The third-order valence-electron chi connectivity index (χ3n) is 6.66. The zero-order valence-electron chi connectivity index (χ0n) is 20.9. The molecule has 0 saturated carbocycles. The van der Waals surface area contributed by atoms with Crippen LogP contribution in [0.2, 0.25) is 0 Å². The van der Waals surface area contributed by atoms with Crippen LogP contribution < -0.4 is 5.32 Å². The zero-order chi connectivity index (χ0) is 24.8. The van der Waals surface area contributed by atoms with Gasteiger partial charge in [-0.2, -0.15) is 0 Å². The molecule has 186 valence electrons. The number of ether oxygens (including phenoxy) is 1. The average molecular weight is 473 g/mol. The Labute approximate surface area is 200 Å². The highest BCUT2D eigenvalue weighted by molar-refractivity contribution is 5.90. The van der Waals surface area contributed by atoms with Crippen molar-refractivity contribution in [2.24, 2.45) is 5.92 Å². The fourth-order valence-electron chi connectivity index (χ4n) is 4.69. The molecule has 0 radical (unpaired) electrons. The second kappa shape index (κ2) is 11.4. The fraction of sp³-hybridized carbons (Fsp3) is 0.600. The number of aromatic amines is 1. The van der Waals surface area contributed by atoms with Crippen molar-refractivity contribution in [3.8, 4) is 0 Å². The van der Waals surface area contributed by atoms with Crippen LogP contribution in [0.4, 0.5) is 0 Å². The summed E-state index contributed by atoms with van der Waals surface area (Å²) in [6.07, 6.45) is 3.13. The number of aromatic nitrogens is 2. The first-order valence-corrected chi connectivity index (χ1v) is 12.0. The van der Waals surface area contributed by atoms with E-state index in [1.807, 2.05) is 27.7 Å². The van der Waals surface area contributed by atoms with E-state index in [0.29, 0.717) is 51.2 Å². The van der Waals surface area contributed by atoms with Gasteiger partial charge in [0.25, 0.3) is 0 Å². The van der Waals surface area contributed by atoms with Crippen molar-refractivity contribution < 1.29 is 23.6 Å². The van der Waals surface area contributed by atoms with E-state index < -0.39 is 0 Å². The Morgan fingerprint density at radius 2 is 1.94 bits per heavy atom. The van der Waals surface area contributed by atoms with E-state index >= 15 is 0 Å². The van der Waals surface area contributed by atoms with Crippen molar-refractivity contribution in [2.75, 3.05) is 26.2 Å². The van der Waals surface area contributed by atoms with Gasteiger partial charge in [-0.3, -0.25) is 9.59 Å². The van der Waals surface area contributed by atoms with Crippen molar-refractivity contribution in [1.82, 2.24) is 20.4 Å². The van der Waals surface area contributed by atoms with E-state index in [2.05, 4.69) is 15.5 Å². The van der Waals surface area contributed by atoms with Gasteiger partial charge in [-0.05, 0) is 71.4 Å². The van der Waals surface area contributed by atoms with Crippen molar-refractivity contribution in [2.45, 2.75) is 66.7 Å². The second-order valence-corrected chi connectivity index (χ2v) is 8.97. The summed E-state index contributed by atoms with van der Waals surface area (Å²) >= 11 is 0. The van der Waals surface area contributed by atoms with Crippen LogP contribution in [-0.4, -0.2) is 59.1 Å². The van der Waals surface area contributed by atoms with Crippen LogP contribution in [0.3, 0.4) is 0 Å². The van der Waals surface area contributed by atoms with Gasteiger partial charge in [-0.25, -0.2) is 4.79 Å². The molecule has 2 aromatic heterocycles. The molecule has 2 amide bonds. The predicted octanol–water partition coefficient (Wildman–Crippen LogP) is 2.94. The van der Waals surface area contributed by atoms with Gasteiger partial charge in [-0.15, -0.1) is 0 Å². The molecule has 0 aromatic carbocycles. The van der Waals surface area contributed by atoms with Crippen molar-refractivity contribution in [3.05, 3.63) is 39.5 Å². The van der Waals surface area contributed by atoms with Crippen LogP contribution in [-0.2, 0) is 27.2 Å². The van der Waals surface area contributed by atoms with Gasteiger partial charge >= 0.3 is 5.97 Å². The number of rotatable bonds is 9. The molecule has 2 aromatic rings. The summed E-state index contributed by atoms with van der Waals surface area (Å²) in [5.41, 5.74) is 5.02. The molecule has 9 nitrogen and oxygen atoms in total. The maximum absolute atomic E-state index is 12.9. The summed E-state index contributed by atoms with van der Waals surface area (Å²) < 4.78 is 10.3. The zero-order valence-corrected chi connectivity index (χ0v) is 20.9. The Bertz CT molecular complexity index is 1020. The molecule has 0 bridgehead atoms. The highest BCUT2D eigenvalue weighted by atomic mass is 16.5. The van der Waals surface area contributed by atoms with Crippen LogP contribution >= 0.6 is 0 Å². The third-order valence-corrected chi connectivity index (χ3v) is 6.66. The van der Waals surface area contributed by atoms with E-state index in [1.165, 1.54) is 0 Å². The third kappa shape index (κ3) is 5.87. The minimum Gasteiger partial charge on any atom is -0.461 e. The van der Waals surface area contributed by atoms with Crippen LogP contribution in [0.25, 0.3) is 0 Å². The summed E-state index contributed by atoms with van der Waals surface area (Å²) in [5.74, 6) is 0.225. The van der Waals surface area contributed by atoms with Crippen LogP contribution in [0.15, 0.2) is 4.52 Å². The second-order valence-electron chi connectivity index (χ2n) is 8.97. The standard InChI is InChI=1S/C25H36N4O5/c1-6-33-25(32)23-15(2)20(16(3)27-23)9-10-22(30)29-13-7-8-19(14-29)24(31)26-12-11-21-17(4)28-34-18(21)5/h19,27H,6-14H2,1-5H3,(H,26,31). The normalized spacial score (nSPS) is 15.9. The SMILES string of the molecule is CCOC(=O)c1[nH]c(C)c(CCC(=O)N2CCCC(C(=O)NCCc3c(C)noc3C)C2)c1C. The monoisotopic (exact) mass is 472 g/mol. The number of aryl methyl sites for hydroxylation is 3. The number of likely N-dealkylation sites (tertiary alicyclic amines) is 1. The number of amides is 2. The van der Waals surface area contributed by atoms with Gasteiger partial charge in [0, 0.05) is 37.3 Å². The van der Waals surface area contributed by atoms with Crippen molar-refractivity contribution in [1.29, 1.82) is 0 Å². The lowest BCUT2D eigenvalue weighted by Gasteiger charge is -2.32. The number of hydrogen-bond acceptors (Lipinski definition) is 6. The van der Waals surface area contributed by atoms with Gasteiger partial charge in [0.1, 0.15) is 11.5 Å². The van der Waals surface area contributed by atoms with E-state index in [1.54, 1.807) is 11.8 Å². The number of nitrogens with zero attached hydrogens (tertiary/aromatic N) is 2. The lowest BCUT2D eigenvalue weighted by atomic mass is 9.96. The number of nitrogens with one attached hydrogen (secondary N) is 2. The molecular formula is C25H36N4O5. The molecule has 0 aliphatic carbocycles. The maximum atomic E-state index is 12.9. The molecule has 1 aliphatic rings. The number of piperidine rings is 1. The lowest BCUT2D eigenvalue weighted by Crippen LogP contribution is -2.45. The van der Waals surface area contributed by atoms with E-state index in [-0.39, 0.29) is 23.7 Å². The Balaban J connectivity index is 1.50. The first-order valence-electron chi connectivity index (χ1n) is 12.0. The number of carbonyl (C=O) groups is 3. The molecule has 1 unspecified atom stereocenters. The van der Waals surface area contributed by atoms with E-state index in [4.69, 9.17) is 9.26 Å². The van der Waals surface area contributed by atoms with Crippen molar-refractivity contribution in [3.63, 3.8) is 0 Å².